The number of carbonyl (C=O) groups is 1. The van der Waals surface area contributed by atoms with E-state index in [4.69, 9.17) is 5.11 Å². The van der Waals surface area contributed by atoms with Gasteiger partial charge in [0, 0.05) is 19.5 Å². The molecule has 1 rings (SSSR count). The van der Waals surface area contributed by atoms with Crippen molar-refractivity contribution in [2.24, 2.45) is 0 Å². The molecule has 4 heteroatoms. The Morgan fingerprint density at radius 3 is 2.75 bits per heavy atom. The molecule has 0 spiro atoms. The van der Waals surface area contributed by atoms with Crippen molar-refractivity contribution in [3.05, 3.63) is 0 Å². The van der Waals surface area contributed by atoms with E-state index in [1.165, 1.54) is 0 Å². The zero-order valence-corrected chi connectivity index (χ0v) is 10.3. The zero-order chi connectivity index (χ0) is 12.2. The molecule has 0 aromatic heterocycles. The highest BCUT2D eigenvalue weighted by atomic mass is 16.3. The van der Waals surface area contributed by atoms with Gasteiger partial charge in [0.05, 0.1) is 11.7 Å². The van der Waals surface area contributed by atoms with E-state index in [2.05, 4.69) is 0 Å². The summed E-state index contributed by atoms with van der Waals surface area (Å²) in [6, 6.07) is 0. The van der Waals surface area contributed by atoms with Crippen LogP contribution in [0, 0.1) is 0 Å². The van der Waals surface area contributed by atoms with E-state index in [-0.39, 0.29) is 5.91 Å². The Hall–Kier alpha value is -0.610. The first-order valence-electron chi connectivity index (χ1n) is 6.09. The highest BCUT2D eigenvalue weighted by Gasteiger charge is 2.26. The van der Waals surface area contributed by atoms with Crippen molar-refractivity contribution in [2.75, 3.05) is 13.1 Å². The summed E-state index contributed by atoms with van der Waals surface area (Å²) in [6.45, 7) is 4.89. The van der Waals surface area contributed by atoms with Crippen molar-refractivity contribution in [1.29, 1.82) is 0 Å². The lowest BCUT2D eigenvalue weighted by Crippen LogP contribution is -2.33. The van der Waals surface area contributed by atoms with Gasteiger partial charge in [-0.05, 0) is 39.5 Å². The Balaban J connectivity index is 2.39. The summed E-state index contributed by atoms with van der Waals surface area (Å²) in [5.74, 6) is 0.0959. The van der Waals surface area contributed by atoms with E-state index in [0.29, 0.717) is 25.8 Å². The zero-order valence-electron chi connectivity index (χ0n) is 10.3. The van der Waals surface area contributed by atoms with Crippen LogP contribution in [0.2, 0.25) is 0 Å². The predicted octanol–water partition coefficient (Wildman–Crippen LogP) is 0.911. The number of carbonyl (C=O) groups excluding carboxylic acids is 1. The molecule has 94 valence electrons. The van der Waals surface area contributed by atoms with Crippen molar-refractivity contribution >= 4 is 5.91 Å². The van der Waals surface area contributed by atoms with Gasteiger partial charge in [0.1, 0.15) is 0 Å². The van der Waals surface area contributed by atoms with Crippen LogP contribution in [0.5, 0.6) is 0 Å². The Morgan fingerprint density at radius 1 is 1.44 bits per heavy atom. The lowest BCUT2D eigenvalue weighted by molar-refractivity contribution is -0.131. The van der Waals surface area contributed by atoms with Crippen LogP contribution in [-0.4, -0.2) is 45.8 Å². The summed E-state index contributed by atoms with van der Waals surface area (Å²) in [6.07, 6.45) is 2.76. The third-order valence-electron chi connectivity index (χ3n) is 3.19. The molecule has 0 bridgehead atoms. The van der Waals surface area contributed by atoms with E-state index in [0.717, 1.165) is 19.4 Å². The molecule has 1 aliphatic heterocycles. The van der Waals surface area contributed by atoms with Crippen LogP contribution in [0.4, 0.5) is 0 Å². The monoisotopic (exact) mass is 229 g/mol. The number of amides is 1. The maximum absolute atomic E-state index is 11.8. The maximum Gasteiger partial charge on any atom is 0.222 e. The lowest BCUT2D eigenvalue weighted by Gasteiger charge is -2.22. The van der Waals surface area contributed by atoms with Crippen LogP contribution in [0.25, 0.3) is 0 Å². The first-order chi connectivity index (χ1) is 7.41. The molecule has 4 nitrogen and oxygen atoms in total. The normalized spacial score (nSPS) is 28.6. The van der Waals surface area contributed by atoms with Gasteiger partial charge in [-0.15, -0.1) is 0 Å². The van der Waals surface area contributed by atoms with Gasteiger partial charge in [0.25, 0.3) is 0 Å². The van der Waals surface area contributed by atoms with E-state index < -0.39 is 11.7 Å². The summed E-state index contributed by atoms with van der Waals surface area (Å²) in [5, 5.41) is 19.0. The number of hydrogen-bond donors (Lipinski definition) is 2. The molecular formula is C12H23NO3. The van der Waals surface area contributed by atoms with Gasteiger partial charge in [0.15, 0.2) is 0 Å². The van der Waals surface area contributed by atoms with Crippen molar-refractivity contribution in [3.63, 3.8) is 0 Å². The van der Waals surface area contributed by atoms with Crippen LogP contribution >= 0.6 is 0 Å². The van der Waals surface area contributed by atoms with Crippen LogP contribution in [0.15, 0.2) is 0 Å². The second kappa shape index (κ2) is 5.64. The molecule has 0 aliphatic carbocycles. The lowest BCUT2D eigenvalue weighted by atomic mass is 9.98. The first kappa shape index (κ1) is 13.5. The summed E-state index contributed by atoms with van der Waals surface area (Å²) >= 11 is 0. The minimum Gasteiger partial charge on any atom is -0.393 e. The molecule has 0 aromatic carbocycles. The molecule has 16 heavy (non-hydrogen) atoms. The Labute approximate surface area is 97.3 Å². The topological polar surface area (TPSA) is 60.8 Å². The third-order valence-corrected chi connectivity index (χ3v) is 3.19. The van der Waals surface area contributed by atoms with Crippen molar-refractivity contribution < 1.29 is 15.0 Å². The largest absolute Gasteiger partial charge is 0.393 e. The smallest absolute Gasteiger partial charge is 0.222 e. The number of likely N-dealkylation sites (tertiary alicyclic amines) is 1. The van der Waals surface area contributed by atoms with Gasteiger partial charge in [-0.1, -0.05) is 0 Å². The fourth-order valence-electron chi connectivity index (χ4n) is 2.00. The molecule has 1 amide bonds. The molecule has 0 saturated carbocycles. The molecule has 0 aromatic rings. The summed E-state index contributed by atoms with van der Waals surface area (Å²) in [7, 11) is 0. The second-order valence-corrected chi connectivity index (χ2v) is 5.12. The highest BCUT2D eigenvalue weighted by molar-refractivity contribution is 5.76. The Bertz CT molecular complexity index is 238. The first-order valence-corrected chi connectivity index (χ1v) is 6.09. The van der Waals surface area contributed by atoms with E-state index >= 15 is 0 Å². The van der Waals surface area contributed by atoms with Crippen LogP contribution in [0.3, 0.4) is 0 Å². The van der Waals surface area contributed by atoms with E-state index in [1.54, 1.807) is 6.92 Å². The molecule has 1 heterocycles. The molecular weight excluding hydrogens is 206 g/mol. The van der Waals surface area contributed by atoms with Gasteiger partial charge >= 0.3 is 0 Å². The van der Waals surface area contributed by atoms with Gasteiger partial charge in [0.2, 0.25) is 5.91 Å². The second-order valence-electron chi connectivity index (χ2n) is 5.12. The van der Waals surface area contributed by atoms with Gasteiger partial charge < -0.3 is 15.1 Å². The molecule has 0 radical (unpaired) electrons. The summed E-state index contributed by atoms with van der Waals surface area (Å²) < 4.78 is 0. The van der Waals surface area contributed by atoms with Crippen LogP contribution in [0.1, 0.15) is 46.0 Å². The van der Waals surface area contributed by atoms with Crippen molar-refractivity contribution in [3.8, 4) is 0 Å². The maximum atomic E-state index is 11.8. The standard InChI is InChI=1S/C12H23NO3/c1-10(14)4-5-11(15)13-8-3-6-12(2,16)7-9-13/h10,14,16H,3-9H2,1-2H3. The summed E-state index contributed by atoms with van der Waals surface area (Å²) in [5.41, 5.74) is -0.626. The Kier molecular flexibility index (Phi) is 4.74. The third kappa shape index (κ3) is 4.49. The minimum atomic E-state index is -0.626. The highest BCUT2D eigenvalue weighted by Crippen LogP contribution is 2.21. The molecule has 1 fully saturated rings. The van der Waals surface area contributed by atoms with Crippen LogP contribution < -0.4 is 0 Å². The van der Waals surface area contributed by atoms with Crippen molar-refractivity contribution in [1.82, 2.24) is 4.90 Å². The molecule has 2 N–H and O–H groups in total. The molecule has 1 saturated heterocycles. The van der Waals surface area contributed by atoms with Crippen LogP contribution in [-0.2, 0) is 4.79 Å². The fraction of sp³-hybridized carbons (Fsp3) is 0.917. The molecule has 2 atom stereocenters. The van der Waals surface area contributed by atoms with E-state index in [1.807, 2.05) is 11.8 Å². The summed E-state index contributed by atoms with van der Waals surface area (Å²) in [4.78, 5) is 13.6. The number of rotatable bonds is 3. The number of hydrogen-bond acceptors (Lipinski definition) is 3. The molecule has 1 aliphatic rings. The van der Waals surface area contributed by atoms with Gasteiger partial charge in [-0.25, -0.2) is 0 Å². The van der Waals surface area contributed by atoms with Gasteiger partial charge in [-0.2, -0.15) is 0 Å². The average molecular weight is 229 g/mol. The molecule has 2 unspecified atom stereocenters. The van der Waals surface area contributed by atoms with E-state index in [9.17, 15) is 9.90 Å². The average Bonchev–Trinajstić information content (AvgIpc) is 2.35. The SMILES string of the molecule is CC(O)CCC(=O)N1CCCC(C)(O)CC1. The quantitative estimate of drug-likeness (QED) is 0.756. The Morgan fingerprint density at radius 2 is 2.12 bits per heavy atom. The number of aliphatic hydroxyl groups excluding tert-OH is 1. The number of aliphatic hydroxyl groups is 2. The fourth-order valence-corrected chi connectivity index (χ4v) is 2.00. The predicted molar refractivity (Wildman–Crippen MR) is 62.0 cm³/mol. The van der Waals surface area contributed by atoms with Gasteiger partial charge in [-0.3, -0.25) is 4.79 Å². The minimum absolute atomic E-state index is 0.0959. The number of nitrogens with zero attached hydrogens (tertiary/aromatic N) is 1. The van der Waals surface area contributed by atoms with Crippen molar-refractivity contribution in [2.45, 2.75) is 57.7 Å².